The number of ketones is 2. The first kappa shape index (κ1) is 10.9. The molecule has 78 valence electrons. The number of carbonyl (C=O) groups is 3. The van der Waals surface area contributed by atoms with Crippen LogP contribution in [0.5, 0.6) is 0 Å². The molecule has 0 unspecified atom stereocenters. The Hall–Kier alpha value is -1.19. The van der Waals surface area contributed by atoms with Gasteiger partial charge in [-0.05, 0) is 12.8 Å². The number of carbonyl (C=O) groups excluding carboxylic acids is 3. The fourth-order valence-electron chi connectivity index (χ4n) is 1.65. The van der Waals surface area contributed by atoms with Gasteiger partial charge in [0.05, 0.1) is 13.0 Å². The predicted molar refractivity (Wildman–Crippen MR) is 48.6 cm³/mol. The third-order valence-electron chi connectivity index (χ3n) is 2.49. The molecular formula is C10H14O4. The second-order valence-electron chi connectivity index (χ2n) is 3.45. The van der Waals surface area contributed by atoms with E-state index in [1.54, 1.807) is 0 Å². The summed E-state index contributed by atoms with van der Waals surface area (Å²) in [5, 5.41) is 0. The number of Topliss-reactive ketones (excluding diaryl/α,β-unsaturated/α-hetero) is 2. The van der Waals surface area contributed by atoms with Crippen LogP contribution in [0.2, 0.25) is 0 Å². The third-order valence-corrected chi connectivity index (χ3v) is 2.49. The summed E-state index contributed by atoms with van der Waals surface area (Å²) in [5.41, 5.74) is 0. The molecule has 4 heteroatoms. The van der Waals surface area contributed by atoms with Crippen LogP contribution in [0.4, 0.5) is 0 Å². The molecule has 0 aromatic carbocycles. The Morgan fingerprint density at radius 3 is 2.43 bits per heavy atom. The van der Waals surface area contributed by atoms with E-state index in [9.17, 15) is 14.4 Å². The summed E-state index contributed by atoms with van der Waals surface area (Å²) in [6.45, 7) is 0. The molecule has 0 bridgehead atoms. The van der Waals surface area contributed by atoms with Gasteiger partial charge in [0.2, 0.25) is 0 Å². The van der Waals surface area contributed by atoms with Crippen LogP contribution in [0.3, 0.4) is 0 Å². The number of hydrogen-bond donors (Lipinski definition) is 0. The highest BCUT2D eigenvalue weighted by Crippen LogP contribution is 2.21. The molecule has 1 rings (SSSR count). The van der Waals surface area contributed by atoms with E-state index in [1.165, 1.54) is 7.11 Å². The number of hydrogen-bond acceptors (Lipinski definition) is 4. The second-order valence-corrected chi connectivity index (χ2v) is 3.45. The van der Waals surface area contributed by atoms with Crippen molar-refractivity contribution in [2.24, 2.45) is 5.92 Å². The molecule has 0 aromatic heterocycles. The molecule has 4 nitrogen and oxygen atoms in total. The van der Waals surface area contributed by atoms with Gasteiger partial charge in [-0.1, -0.05) is 0 Å². The third kappa shape index (κ3) is 2.65. The number of methoxy groups -OCH3 is 1. The van der Waals surface area contributed by atoms with Gasteiger partial charge in [0.25, 0.3) is 0 Å². The first-order valence-corrected chi connectivity index (χ1v) is 4.77. The van der Waals surface area contributed by atoms with E-state index in [0.29, 0.717) is 25.7 Å². The summed E-state index contributed by atoms with van der Waals surface area (Å²) in [6.07, 6.45) is 2.06. The van der Waals surface area contributed by atoms with Crippen molar-refractivity contribution < 1.29 is 19.1 Å². The number of rotatable bonds is 3. The highest BCUT2D eigenvalue weighted by atomic mass is 16.5. The molecule has 14 heavy (non-hydrogen) atoms. The van der Waals surface area contributed by atoms with Gasteiger partial charge in [-0.15, -0.1) is 0 Å². The van der Waals surface area contributed by atoms with Gasteiger partial charge in [-0.2, -0.15) is 0 Å². The summed E-state index contributed by atoms with van der Waals surface area (Å²) in [4.78, 5) is 33.5. The molecule has 0 N–H and O–H groups in total. The van der Waals surface area contributed by atoms with E-state index in [-0.39, 0.29) is 24.0 Å². The van der Waals surface area contributed by atoms with E-state index >= 15 is 0 Å². The molecule has 0 aliphatic heterocycles. The summed E-state index contributed by atoms with van der Waals surface area (Å²) in [5.74, 6) is -0.964. The van der Waals surface area contributed by atoms with Crippen LogP contribution >= 0.6 is 0 Å². The lowest BCUT2D eigenvalue weighted by molar-refractivity contribution is -0.141. The zero-order valence-electron chi connectivity index (χ0n) is 8.25. The van der Waals surface area contributed by atoms with Crippen molar-refractivity contribution in [3.63, 3.8) is 0 Å². The standard InChI is InChI=1S/C10H14O4/c1-14-10(13)6-5-7-8(11)3-2-4-9(7)12/h7H,2-6H2,1H3. The zero-order valence-corrected chi connectivity index (χ0v) is 8.25. The van der Waals surface area contributed by atoms with Gasteiger partial charge >= 0.3 is 5.97 Å². The van der Waals surface area contributed by atoms with Crippen molar-refractivity contribution in [1.82, 2.24) is 0 Å². The highest BCUT2D eigenvalue weighted by Gasteiger charge is 2.29. The van der Waals surface area contributed by atoms with Gasteiger partial charge in [-0.3, -0.25) is 14.4 Å². The Morgan fingerprint density at radius 1 is 1.36 bits per heavy atom. The molecule has 0 amide bonds. The molecule has 1 aliphatic carbocycles. The summed E-state index contributed by atoms with van der Waals surface area (Å²) in [6, 6.07) is 0. The van der Waals surface area contributed by atoms with Crippen molar-refractivity contribution in [1.29, 1.82) is 0 Å². The van der Waals surface area contributed by atoms with E-state index in [2.05, 4.69) is 4.74 Å². The normalized spacial score (nSPS) is 18.4. The Labute approximate surface area is 82.6 Å². The monoisotopic (exact) mass is 198 g/mol. The maximum Gasteiger partial charge on any atom is 0.305 e. The molecule has 0 aromatic rings. The minimum absolute atomic E-state index is 0.0230. The van der Waals surface area contributed by atoms with Crippen LogP contribution < -0.4 is 0 Å². The fourth-order valence-corrected chi connectivity index (χ4v) is 1.65. The summed E-state index contributed by atoms with van der Waals surface area (Å²) >= 11 is 0. The first-order valence-electron chi connectivity index (χ1n) is 4.77. The van der Waals surface area contributed by atoms with Crippen molar-refractivity contribution in [2.75, 3.05) is 7.11 Å². The first-order chi connectivity index (χ1) is 6.65. The topological polar surface area (TPSA) is 60.4 Å². The van der Waals surface area contributed by atoms with Gasteiger partial charge in [0, 0.05) is 19.3 Å². The van der Waals surface area contributed by atoms with Crippen molar-refractivity contribution in [3.8, 4) is 0 Å². The van der Waals surface area contributed by atoms with E-state index in [4.69, 9.17) is 0 Å². The quantitative estimate of drug-likeness (QED) is 0.499. The van der Waals surface area contributed by atoms with Gasteiger partial charge in [0.15, 0.2) is 0 Å². The van der Waals surface area contributed by atoms with Gasteiger partial charge in [-0.25, -0.2) is 0 Å². The molecule has 1 aliphatic rings. The lowest BCUT2D eigenvalue weighted by atomic mass is 9.84. The highest BCUT2D eigenvalue weighted by molar-refractivity contribution is 6.04. The molecule has 0 spiro atoms. The predicted octanol–water partition coefficient (Wildman–Crippen LogP) is 0.878. The van der Waals surface area contributed by atoms with Crippen LogP contribution in [0.1, 0.15) is 32.1 Å². The fraction of sp³-hybridized carbons (Fsp3) is 0.700. The van der Waals surface area contributed by atoms with Crippen LogP contribution in [-0.4, -0.2) is 24.6 Å². The van der Waals surface area contributed by atoms with Gasteiger partial charge < -0.3 is 4.74 Å². The van der Waals surface area contributed by atoms with Crippen LogP contribution in [0.15, 0.2) is 0 Å². The molecule has 1 fully saturated rings. The Morgan fingerprint density at radius 2 is 1.93 bits per heavy atom. The van der Waals surface area contributed by atoms with Crippen molar-refractivity contribution >= 4 is 17.5 Å². The average Bonchev–Trinajstić information content (AvgIpc) is 2.16. The molecular weight excluding hydrogens is 184 g/mol. The van der Waals surface area contributed by atoms with Crippen LogP contribution in [0, 0.1) is 5.92 Å². The Bertz CT molecular complexity index is 241. The second kappa shape index (κ2) is 4.88. The molecule has 0 radical (unpaired) electrons. The Kier molecular flexibility index (Phi) is 3.80. The smallest absolute Gasteiger partial charge is 0.305 e. The average molecular weight is 198 g/mol. The molecule has 0 heterocycles. The largest absolute Gasteiger partial charge is 0.469 e. The minimum Gasteiger partial charge on any atom is -0.469 e. The van der Waals surface area contributed by atoms with Gasteiger partial charge in [0.1, 0.15) is 11.6 Å². The number of ether oxygens (including phenoxy) is 1. The molecule has 0 atom stereocenters. The van der Waals surface area contributed by atoms with Crippen LogP contribution in [0.25, 0.3) is 0 Å². The maximum absolute atomic E-state index is 11.3. The lowest BCUT2D eigenvalue weighted by Crippen LogP contribution is -2.29. The van der Waals surface area contributed by atoms with Crippen LogP contribution in [-0.2, 0) is 19.1 Å². The lowest BCUT2D eigenvalue weighted by Gasteiger charge is -2.18. The van der Waals surface area contributed by atoms with E-state index < -0.39 is 5.92 Å². The molecule has 0 saturated heterocycles. The molecule has 1 saturated carbocycles. The SMILES string of the molecule is COC(=O)CCC1C(=O)CCCC1=O. The minimum atomic E-state index is -0.553. The van der Waals surface area contributed by atoms with E-state index in [0.717, 1.165) is 0 Å². The van der Waals surface area contributed by atoms with Crippen molar-refractivity contribution in [2.45, 2.75) is 32.1 Å². The summed E-state index contributed by atoms with van der Waals surface area (Å²) < 4.78 is 4.45. The zero-order chi connectivity index (χ0) is 10.6. The summed E-state index contributed by atoms with van der Waals surface area (Å²) in [7, 11) is 1.30. The number of esters is 1. The van der Waals surface area contributed by atoms with Crippen molar-refractivity contribution in [3.05, 3.63) is 0 Å². The van der Waals surface area contributed by atoms with E-state index in [1.807, 2.05) is 0 Å². The Balaban J connectivity index is 2.44. The maximum atomic E-state index is 11.3.